The first kappa shape index (κ1) is 15.0. The van der Waals surface area contributed by atoms with E-state index in [0.717, 1.165) is 27.4 Å². The van der Waals surface area contributed by atoms with Crippen molar-refractivity contribution in [2.45, 2.75) is 6.54 Å². The van der Waals surface area contributed by atoms with E-state index in [4.69, 9.17) is 0 Å². The van der Waals surface area contributed by atoms with Crippen molar-refractivity contribution in [2.24, 2.45) is 5.10 Å². The quantitative estimate of drug-likeness (QED) is 0.462. The molecular formula is C19H15N5O. The number of carbonyl (C=O) groups excluding carboxylic acids is 1. The van der Waals surface area contributed by atoms with Crippen LogP contribution in [0.25, 0.3) is 21.8 Å². The third kappa shape index (κ3) is 3.10. The number of amides is 1. The van der Waals surface area contributed by atoms with Gasteiger partial charge in [0.05, 0.1) is 11.7 Å². The summed E-state index contributed by atoms with van der Waals surface area (Å²) < 4.78 is 1.55. The van der Waals surface area contributed by atoms with Crippen LogP contribution in [0, 0.1) is 0 Å². The van der Waals surface area contributed by atoms with Gasteiger partial charge in [0.25, 0.3) is 5.91 Å². The van der Waals surface area contributed by atoms with Crippen molar-refractivity contribution in [3.05, 3.63) is 72.3 Å². The summed E-state index contributed by atoms with van der Waals surface area (Å²) >= 11 is 0. The molecule has 0 fully saturated rings. The first-order valence-corrected chi connectivity index (χ1v) is 7.89. The minimum atomic E-state index is -0.257. The normalized spacial score (nSPS) is 11.4. The Bertz CT molecular complexity index is 1080. The van der Waals surface area contributed by atoms with Crippen LogP contribution < -0.4 is 5.43 Å². The highest BCUT2D eigenvalue weighted by molar-refractivity contribution is 5.99. The van der Waals surface area contributed by atoms with Crippen LogP contribution in [0.3, 0.4) is 0 Å². The molecule has 3 aromatic carbocycles. The topological polar surface area (TPSA) is 72.2 Å². The molecule has 6 heteroatoms. The third-order valence-corrected chi connectivity index (χ3v) is 3.93. The average molecular weight is 329 g/mol. The van der Waals surface area contributed by atoms with Gasteiger partial charge in [-0.2, -0.15) is 5.10 Å². The second-order valence-electron chi connectivity index (χ2n) is 5.60. The number of aromatic nitrogens is 3. The molecule has 25 heavy (non-hydrogen) atoms. The van der Waals surface area contributed by atoms with Crippen LogP contribution in [0.2, 0.25) is 0 Å². The number of fused-ring (bicyclic) bond motifs is 2. The van der Waals surface area contributed by atoms with E-state index < -0.39 is 0 Å². The van der Waals surface area contributed by atoms with Gasteiger partial charge in [0.1, 0.15) is 12.1 Å². The van der Waals surface area contributed by atoms with Gasteiger partial charge in [-0.15, -0.1) is 5.10 Å². The molecule has 0 saturated heterocycles. The van der Waals surface area contributed by atoms with E-state index in [9.17, 15) is 4.79 Å². The van der Waals surface area contributed by atoms with Gasteiger partial charge in [-0.05, 0) is 22.9 Å². The highest BCUT2D eigenvalue weighted by Crippen LogP contribution is 2.16. The van der Waals surface area contributed by atoms with Crippen molar-refractivity contribution in [1.82, 2.24) is 20.4 Å². The Morgan fingerprint density at radius 1 is 1.04 bits per heavy atom. The molecule has 4 aromatic rings. The monoisotopic (exact) mass is 329 g/mol. The van der Waals surface area contributed by atoms with Gasteiger partial charge < -0.3 is 0 Å². The summed E-state index contributed by atoms with van der Waals surface area (Å²) in [5, 5.41) is 14.3. The SMILES string of the molecule is O=C(Cn1nnc2ccccc21)N/N=C/c1cccc2ccccc12. The number of nitrogens with zero attached hydrogens (tertiary/aromatic N) is 4. The molecule has 6 nitrogen and oxygen atoms in total. The number of benzene rings is 3. The lowest BCUT2D eigenvalue weighted by atomic mass is 10.1. The molecule has 0 spiro atoms. The number of rotatable bonds is 4. The maximum absolute atomic E-state index is 12.1. The fraction of sp³-hybridized carbons (Fsp3) is 0.0526. The minimum Gasteiger partial charge on any atom is -0.271 e. The van der Waals surface area contributed by atoms with Crippen molar-refractivity contribution < 1.29 is 4.79 Å². The molecule has 0 aliphatic carbocycles. The number of hydrogen-bond acceptors (Lipinski definition) is 4. The Hall–Kier alpha value is -3.54. The average Bonchev–Trinajstić information content (AvgIpc) is 3.05. The van der Waals surface area contributed by atoms with Crippen LogP contribution in [0.5, 0.6) is 0 Å². The van der Waals surface area contributed by atoms with Gasteiger partial charge in [-0.1, -0.05) is 59.8 Å². The van der Waals surface area contributed by atoms with E-state index in [1.54, 1.807) is 10.9 Å². The molecule has 1 N–H and O–H groups in total. The third-order valence-electron chi connectivity index (χ3n) is 3.93. The summed E-state index contributed by atoms with van der Waals surface area (Å²) in [6, 6.07) is 21.5. The molecule has 0 atom stereocenters. The van der Waals surface area contributed by atoms with E-state index in [0.29, 0.717) is 0 Å². The number of hydrazone groups is 1. The second kappa shape index (κ2) is 6.52. The summed E-state index contributed by atoms with van der Waals surface area (Å²) in [7, 11) is 0. The van der Waals surface area contributed by atoms with Crippen molar-refractivity contribution >= 4 is 33.9 Å². The summed E-state index contributed by atoms with van der Waals surface area (Å²) in [5.74, 6) is -0.257. The van der Waals surface area contributed by atoms with Gasteiger partial charge in [0.15, 0.2) is 0 Å². The Balaban J connectivity index is 1.47. The lowest BCUT2D eigenvalue weighted by molar-refractivity contribution is -0.121. The maximum atomic E-state index is 12.1. The smallest absolute Gasteiger partial charge is 0.261 e. The van der Waals surface area contributed by atoms with E-state index in [-0.39, 0.29) is 12.5 Å². The predicted octanol–water partition coefficient (Wildman–Crippen LogP) is 2.73. The van der Waals surface area contributed by atoms with Crippen LogP contribution in [0.4, 0.5) is 0 Å². The lowest BCUT2D eigenvalue weighted by Crippen LogP contribution is -2.23. The molecule has 0 aliphatic heterocycles. The van der Waals surface area contributed by atoms with Crippen LogP contribution >= 0.6 is 0 Å². The van der Waals surface area contributed by atoms with Crippen molar-refractivity contribution in [3.8, 4) is 0 Å². The second-order valence-corrected chi connectivity index (χ2v) is 5.60. The van der Waals surface area contributed by atoms with Crippen LogP contribution in [0.1, 0.15) is 5.56 Å². The van der Waals surface area contributed by atoms with Gasteiger partial charge in [0.2, 0.25) is 0 Å². The predicted molar refractivity (Wildman–Crippen MR) is 97.2 cm³/mol. The molecule has 0 saturated carbocycles. The molecule has 1 aromatic heterocycles. The molecule has 0 bridgehead atoms. The van der Waals surface area contributed by atoms with E-state index in [1.807, 2.05) is 66.7 Å². The summed E-state index contributed by atoms with van der Waals surface area (Å²) in [5.41, 5.74) is 5.06. The van der Waals surface area contributed by atoms with Gasteiger partial charge in [-0.3, -0.25) is 4.79 Å². The van der Waals surface area contributed by atoms with Crippen LogP contribution in [-0.4, -0.2) is 27.1 Å². The van der Waals surface area contributed by atoms with E-state index in [1.165, 1.54) is 0 Å². The lowest BCUT2D eigenvalue weighted by Gasteiger charge is -2.03. The fourth-order valence-corrected chi connectivity index (χ4v) is 2.74. The zero-order valence-electron chi connectivity index (χ0n) is 13.3. The molecular weight excluding hydrogens is 314 g/mol. The van der Waals surface area contributed by atoms with Crippen LogP contribution in [-0.2, 0) is 11.3 Å². The minimum absolute atomic E-state index is 0.0629. The molecule has 1 amide bonds. The van der Waals surface area contributed by atoms with Gasteiger partial charge >= 0.3 is 0 Å². The van der Waals surface area contributed by atoms with Crippen molar-refractivity contribution in [3.63, 3.8) is 0 Å². The number of nitrogens with one attached hydrogen (secondary N) is 1. The molecule has 0 radical (unpaired) electrons. The van der Waals surface area contributed by atoms with E-state index >= 15 is 0 Å². The van der Waals surface area contributed by atoms with E-state index in [2.05, 4.69) is 20.8 Å². The van der Waals surface area contributed by atoms with Gasteiger partial charge in [0, 0.05) is 5.56 Å². The molecule has 1 heterocycles. The summed E-state index contributed by atoms with van der Waals surface area (Å²) in [4.78, 5) is 12.1. The zero-order valence-corrected chi connectivity index (χ0v) is 13.3. The number of hydrogen-bond donors (Lipinski definition) is 1. The molecule has 4 rings (SSSR count). The largest absolute Gasteiger partial charge is 0.271 e. The van der Waals surface area contributed by atoms with Crippen molar-refractivity contribution in [2.75, 3.05) is 0 Å². The highest BCUT2D eigenvalue weighted by atomic mass is 16.2. The molecule has 0 unspecified atom stereocenters. The first-order valence-electron chi connectivity index (χ1n) is 7.89. The molecule has 0 aliphatic rings. The number of para-hydroxylation sites is 1. The Kier molecular flexibility index (Phi) is 3.92. The Labute approximate surface area is 143 Å². The number of carbonyl (C=O) groups is 1. The first-order chi connectivity index (χ1) is 12.3. The van der Waals surface area contributed by atoms with Crippen LogP contribution in [0.15, 0.2) is 71.8 Å². The Morgan fingerprint density at radius 2 is 1.84 bits per heavy atom. The highest BCUT2D eigenvalue weighted by Gasteiger charge is 2.07. The maximum Gasteiger partial charge on any atom is 0.261 e. The van der Waals surface area contributed by atoms with Gasteiger partial charge in [-0.25, -0.2) is 10.1 Å². The fourth-order valence-electron chi connectivity index (χ4n) is 2.74. The van der Waals surface area contributed by atoms with Crippen molar-refractivity contribution in [1.29, 1.82) is 0 Å². The summed E-state index contributed by atoms with van der Waals surface area (Å²) in [6.07, 6.45) is 1.65. The molecule has 122 valence electrons. The zero-order chi connectivity index (χ0) is 17.1. The summed E-state index contributed by atoms with van der Waals surface area (Å²) in [6.45, 7) is 0.0629. The standard InChI is InChI=1S/C19H15N5O/c25-19(13-24-18-11-4-3-10-17(18)21-23-24)22-20-12-15-8-5-7-14-6-1-2-9-16(14)15/h1-12H,13H2,(H,22,25)/b20-12+. The Morgan fingerprint density at radius 3 is 2.80 bits per heavy atom.